The van der Waals surface area contributed by atoms with Crippen LogP contribution in [0.1, 0.15) is 52.4 Å². The number of rotatable bonds is 5. The largest absolute Gasteiger partial charge is 0.443 e. The first-order chi connectivity index (χ1) is 5.33. The van der Waals surface area contributed by atoms with Crippen LogP contribution >= 0.6 is 0 Å². The summed E-state index contributed by atoms with van der Waals surface area (Å²) >= 11 is 0. The Balaban J connectivity index is 0. The Bertz CT molecular complexity index is 80.1. The fourth-order valence-corrected chi connectivity index (χ4v) is 0.854. The molecule has 0 bridgehead atoms. The second kappa shape index (κ2) is 16.1. The lowest BCUT2D eigenvalue weighted by Gasteiger charge is -1.93. The highest BCUT2D eigenvalue weighted by Gasteiger charge is 1.83. The molecular formula is C9H19NO. The Morgan fingerprint density at radius 2 is 1.27 bits per heavy atom. The summed E-state index contributed by atoms with van der Waals surface area (Å²) in [7, 11) is 0. The van der Waals surface area contributed by atoms with Gasteiger partial charge in [0, 0.05) is 0 Å². The maximum atomic E-state index is 6.88. The first kappa shape index (κ1) is 12.9. The van der Waals surface area contributed by atoms with Crippen molar-refractivity contribution in [1.29, 1.82) is 5.26 Å². The van der Waals surface area contributed by atoms with Crippen LogP contribution in [0.15, 0.2) is 0 Å². The standard InChI is InChI=1S/C8H18.CHNO/c1-3-5-7-8-6-4-2;2-1-3/h3-8H2,1-2H3;3H. The van der Waals surface area contributed by atoms with E-state index in [0.29, 0.717) is 0 Å². The zero-order valence-corrected chi connectivity index (χ0v) is 7.64. The van der Waals surface area contributed by atoms with Crippen LogP contribution in [0.5, 0.6) is 0 Å². The molecule has 0 saturated carbocycles. The summed E-state index contributed by atoms with van der Waals surface area (Å²) in [5, 5.41) is 13.8. The quantitative estimate of drug-likeness (QED) is 0.492. The Labute approximate surface area is 69.9 Å². The van der Waals surface area contributed by atoms with E-state index in [1.54, 1.807) is 0 Å². The predicted molar refractivity (Wildman–Crippen MR) is 46.6 cm³/mol. The molecule has 0 aromatic heterocycles. The summed E-state index contributed by atoms with van der Waals surface area (Å²) in [5.74, 6) is 0. The molecule has 0 aromatic rings. The van der Waals surface area contributed by atoms with Gasteiger partial charge in [-0.25, -0.2) is 0 Å². The Morgan fingerprint density at radius 3 is 1.45 bits per heavy atom. The lowest BCUT2D eigenvalue weighted by Crippen LogP contribution is -1.73. The van der Waals surface area contributed by atoms with Gasteiger partial charge in [-0.1, -0.05) is 52.4 Å². The van der Waals surface area contributed by atoms with Crippen molar-refractivity contribution in [2.45, 2.75) is 52.4 Å². The number of nitriles is 1. The van der Waals surface area contributed by atoms with E-state index in [9.17, 15) is 0 Å². The summed E-state index contributed by atoms with van der Waals surface area (Å²) in [6.07, 6.45) is 9.24. The van der Waals surface area contributed by atoms with Crippen molar-refractivity contribution in [3.63, 3.8) is 0 Å². The van der Waals surface area contributed by atoms with E-state index in [0.717, 1.165) is 6.26 Å². The van der Waals surface area contributed by atoms with Crippen molar-refractivity contribution in [2.24, 2.45) is 0 Å². The van der Waals surface area contributed by atoms with Gasteiger partial charge in [-0.3, -0.25) is 0 Å². The van der Waals surface area contributed by atoms with Crippen molar-refractivity contribution >= 4 is 0 Å². The van der Waals surface area contributed by atoms with Gasteiger partial charge in [-0.2, -0.15) is 5.26 Å². The number of aliphatic hydroxyl groups is 1. The van der Waals surface area contributed by atoms with Gasteiger partial charge in [0.15, 0.2) is 0 Å². The van der Waals surface area contributed by atoms with Crippen molar-refractivity contribution < 1.29 is 5.11 Å². The van der Waals surface area contributed by atoms with Crippen molar-refractivity contribution in [1.82, 2.24) is 0 Å². The van der Waals surface area contributed by atoms with E-state index < -0.39 is 0 Å². The minimum Gasteiger partial charge on any atom is -0.443 e. The molecular weight excluding hydrogens is 138 g/mol. The first-order valence-corrected chi connectivity index (χ1v) is 4.36. The third-order valence-corrected chi connectivity index (χ3v) is 1.46. The van der Waals surface area contributed by atoms with Gasteiger partial charge in [0.25, 0.3) is 6.26 Å². The molecule has 0 aliphatic carbocycles. The van der Waals surface area contributed by atoms with E-state index >= 15 is 0 Å². The number of hydrogen-bond donors (Lipinski definition) is 1. The molecule has 0 radical (unpaired) electrons. The lowest BCUT2D eigenvalue weighted by molar-refractivity contribution is 0.503. The predicted octanol–water partition coefficient (Wildman–Crippen LogP) is 3.21. The third-order valence-electron chi connectivity index (χ3n) is 1.46. The number of hydrogen-bond acceptors (Lipinski definition) is 2. The molecule has 0 aromatic carbocycles. The molecule has 11 heavy (non-hydrogen) atoms. The molecule has 0 saturated heterocycles. The zero-order valence-electron chi connectivity index (χ0n) is 7.64. The summed E-state index contributed by atoms with van der Waals surface area (Å²) < 4.78 is 0. The molecule has 0 rings (SSSR count). The van der Waals surface area contributed by atoms with E-state index in [-0.39, 0.29) is 0 Å². The smallest absolute Gasteiger partial charge is 0.283 e. The van der Waals surface area contributed by atoms with Crippen LogP contribution in [0.4, 0.5) is 0 Å². The van der Waals surface area contributed by atoms with Crippen molar-refractivity contribution in [3.8, 4) is 6.26 Å². The van der Waals surface area contributed by atoms with Crippen molar-refractivity contribution in [3.05, 3.63) is 0 Å². The van der Waals surface area contributed by atoms with Gasteiger partial charge >= 0.3 is 0 Å². The highest BCUT2D eigenvalue weighted by Crippen LogP contribution is 2.03. The second-order valence-corrected chi connectivity index (χ2v) is 2.51. The zero-order chi connectivity index (χ0) is 8.95. The van der Waals surface area contributed by atoms with E-state index in [1.165, 1.54) is 38.5 Å². The summed E-state index contributed by atoms with van der Waals surface area (Å²) in [6, 6.07) is 0. The van der Waals surface area contributed by atoms with Gasteiger partial charge in [0.1, 0.15) is 0 Å². The third kappa shape index (κ3) is 26.8. The topological polar surface area (TPSA) is 44.0 Å². The molecule has 1 N–H and O–H groups in total. The molecule has 0 unspecified atom stereocenters. The maximum absolute atomic E-state index is 6.88. The molecule has 0 aliphatic heterocycles. The fourth-order valence-electron chi connectivity index (χ4n) is 0.854. The molecule has 2 nitrogen and oxygen atoms in total. The molecule has 0 atom stereocenters. The molecule has 0 amide bonds. The Kier molecular flexibility index (Phi) is 19.0. The highest BCUT2D eigenvalue weighted by molar-refractivity contribution is 4.39. The van der Waals surface area contributed by atoms with Crippen LogP contribution in [0.2, 0.25) is 0 Å². The van der Waals surface area contributed by atoms with Gasteiger partial charge < -0.3 is 5.11 Å². The van der Waals surface area contributed by atoms with Crippen LogP contribution in [0.25, 0.3) is 0 Å². The SMILES string of the molecule is CCCCCCCC.N#CO. The molecule has 0 heterocycles. The molecule has 0 aliphatic rings. The lowest BCUT2D eigenvalue weighted by atomic mass is 10.1. The van der Waals surface area contributed by atoms with Gasteiger partial charge in [-0.15, -0.1) is 0 Å². The van der Waals surface area contributed by atoms with Gasteiger partial charge in [-0.05, 0) is 0 Å². The summed E-state index contributed by atoms with van der Waals surface area (Å²) in [4.78, 5) is 0. The van der Waals surface area contributed by atoms with Crippen LogP contribution in [0.3, 0.4) is 0 Å². The first-order valence-electron chi connectivity index (χ1n) is 4.36. The maximum Gasteiger partial charge on any atom is 0.283 e. The van der Waals surface area contributed by atoms with Crippen molar-refractivity contribution in [2.75, 3.05) is 0 Å². The minimum atomic E-state index is 0.750. The van der Waals surface area contributed by atoms with Gasteiger partial charge in [0.2, 0.25) is 0 Å². The van der Waals surface area contributed by atoms with Crippen LogP contribution < -0.4 is 0 Å². The number of nitrogens with zero attached hydrogens (tertiary/aromatic N) is 1. The molecule has 0 fully saturated rings. The van der Waals surface area contributed by atoms with Crippen LogP contribution in [-0.4, -0.2) is 5.11 Å². The monoisotopic (exact) mass is 157 g/mol. The average molecular weight is 157 g/mol. The normalized spacial score (nSPS) is 7.73. The molecule has 2 heteroatoms. The minimum absolute atomic E-state index is 0.750. The number of aliphatic hydroxyl groups excluding tert-OH is 1. The average Bonchev–Trinajstić information content (AvgIpc) is 2.00. The van der Waals surface area contributed by atoms with Crippen LogP contribution in [0, 0.1) is 11.5 Å². The highest BCUT2D eigenvalue weighted by atomic mass is 16.2. The fraction of sp³-hybridized carbons (Fsp3) is 0.889. The summed E-state index contributed by atoms with van der Waals surface area (Å²) in [5.41, 5.74) is 0. The molecule has 66 valence electrons. The van der Waals surface area contributed by atoms with E-state index in [1.807, 2.05) is 0 Å². The van der Waals surface area contributed by atoms with Gasteiger partial charge in [0.05, 0.1) is 0 Å². The molecule has 0 spiro atoms. The number of unbranched alkanes of at least 4 members (excludes halogenated alkanes) is 5. The van der Waals surface area contributed by atoms with E-state index in [2.05, 4.69) is 13.8 Å². The van der Waals surface area contributed by atoms with E-state index in [4.69, 9.17) is 10.4 Å². The second-order valence-electron chi connectivity index (χ2n) is 2.51. The Hall–Kier alpha value is -0.710. The van der Waals surface area contributed by atoms with Crippen LogP contribution in [-0.2, 0) is 0 Å². The Morgan fingerprint density at radius 1 is 1.00 bits per heavy atom. The summed E-state index contributed by atoms with van der Waals surface area (Å²) in [6.45, 7) is 4.51.